The zero-order valence-electron chi connectivity index (χ0n) is 16.3. The molecule has 150 valence electrons. The zero-order valence-corrected chi connectivity index (χ0v) is 17.1. The van der Waals surface area contributed by atoms with Crippen LogP contribution >= 0.6 is 11.6 Å². The van der Waals surface area contributed by atoms with Gasteiger partial charge in [-0.1, -0.05) is 29.8 Å². The van der Waals surface area contributed by atoms with E-state index in [1.165, 1.54) is 30.1 Å². The molecule has 0 spiro atoms. The molecule has 0 radical (unpaired) electrons. The largest absolute Gasteiger partial charge is 0.368 e. The molecule has 0 aliphatic heterocycles. The Balaban J connectivity index is 2.01. The molecular formula is C22H21ClFN3O2. The summed E-state index contributed by atoms with van der Waals surface area (Å²) in [5.74, 6) is -1.64. The van der Waals surface area contributed by atoms with Crippen LogP contribution in [0.1, 0.15) is 33.4 Å². The molecule has 1 heterocycles. The first-order valence-corrected chi connectivity index (χ1v) is 9.35. The third-order valence-electron chi connectivity index (χ3n) is 4.87. The highest BCUT2D eigenvalue weighted by Gasteiger charge is 2.30. The van der Waals surface area contributed by atoms with Gasteiger partial charge in [-0.2, -0.15) is 0 Å². The molecule has 0 saturated heterocycles. The Morgan fingerprint density at radius 3 is 2.41 bits per heavy atom. The Morgan fingerprint density at radius 2 is 1.79 bits per heavy atom. The summed E-state index contributed by atoms with van der Waals surface area (Å²) in [6.07, 6.45) is 0. The topological polar surface area (TPSA) is 68.3 Å². The lowest BCUT2D eigenvalue weighted by molar-refractivity contribution is -0.122. The van der Waals surface area contributed by atoms with E-state index in [9.17, 15) is 14.0 Å². The van der Waals surface area contributed by atoms with Crippen molar-refractivity contribution in [1.82, 2.24) is 9.47 Å². The van der Waals surface area contributed by atoms with E-state index in [0.29, 0.717) is 21.8 Å². The van der Waals surface area contributed by atoms with Gasteiger partial charge in [0.05, 0.1) is 5.56 Å². The monoisotopic (exact) mass is 413 g/mol. The van der Waals surface area contributed by atoms with E-state index in [1.807, 2.05) is 30.5 Å². The molecule has 2 aromatic carbocycles. The normalized spacial score (nSPS) is 11.9. The van der Waals surface area contributed by atoms with Gasteiger partial charge in [0, 0.05) is 29.1 Å². The first-order chi connectivity index (χ1) is 13.7. The molecule has 5 nitrogen and oxygen atoms in total. The third-order valence-corrected chi connectivity index (χ3v) is 5.10. The number of aromatic nitrogens is 1. The van der Waals surface area contributed by atoms with E-state index in [0.717, 1.165) is 11.4 Å². The number of carbonyl (C=O) groups excluding carboxylic acids is 2. The van der Waals surface area contributed by atoms with Gasteiger partial charge < -0.3 is 15.2 Å². The quantitative estimate of drug-likeness (QED) is 0.681. The van der Waals surface area contributed by atoms with Crippen molar-refractivity contribution in [3.05, 3.63) is 88.0 Å². The SMILES string of the molecule is Cc1cc(C(=O)N(C)C(C(N)=O)c2cccc(F)c2)c(C)n1-c1cccc(Cl)c1. The predicted molar refractivity (Wildman–Crippen MR) is 111 cm³/mol. The lowest BCUT2D eigenvalue weighted by Crippen LogP contribution is -2.39. The highest BCUT2D eigenvalue weighted by atomic mass is 35.5. The highest BCUT2D eigenvalue weighted by Crippen LogP contribution is 2.27. The van der Waals surface area contributed by atoms with Crippen LogP contribution in [0.4, 0.5) is 4.39 Å². The number of rotatable bonds is 5. The molecule has 0 aliphatic carbocycles. The fourth-order valence-electron chi connectivity index (χ4n) is 3.55. The van der Waals surface area contributed by atoms with E-state index in [2.05, 4.69) is 0 Å². The lowest BCUT2D eigenvalue weighted by Gasteiger charge is -2.26. The number of hydrogen-bond acceptors (Lipinski definition) is 2. The van der Waals surface area contributed by atoms with Gasteiger partial charge >= 0.3 is 0 Å². The van der Waals surface area contributed by atoms with Crippen LogP contribution in [-0.2, 0) is 4.79 Å². The van der Waals surface area contributed by atoms with E-state index < -0.39 is 17.8 Å². The van der Waals surface area contributed by atoms with Crippen molar-refractivity contribution in [2.24, 2.45) is 5.73 Å². The van der Waals surface area contributed by atoms with E-state index in [-0.39, 0.29) is 5.91 Å². The van der Waals surface area contributed by atoms with Gasteiger partial charge in [-0.25, -0.2) is 4.39 Å². The maximum Gasteiger partial charge on any atom is 0.256 e. The van der Waals surface area contributed by atoms with E-state index in [1.54, 1.807) is 24.3 Å². The number of amides is 2. The molecule has 1 atom stereocenters. The highest BCUT2D eigenvalue weighted by molar-refractivity contribution is 6.30. The van der Waals surface area contributed by atoms with Crippen molar-refractivity contribution < 1.29 is 14.0 Å². The van der Waals surface area contributed by atoms with Crippen LogP contribution in [-0.4, -0.2) is 28.3 Å². The minimum absolute atomic E-state index is 0.317. The summed E-state index contributed by atoms with van der Waals surface area (Å²) in [7, 11) is 1.48. The number of benzene rings is 2. The standard InChI is InChI=1S/C22H21ClFN3O2/c1-13-10-19(14(2)27(13)18-9-5-7-16(23)12-18)22(29)26(3)20(21(25)28)15-6-4-8-17(24)11-15/h4-12,20H,1-3H3,(H2,25,28). The molecule has 7 heteroatoms. The van der Waals surface area contributed by atoms with Gasteiger partial charge in [0.15, 0.2) is 0 Å². The fraction of sp³-hybridized carbons (Fsp3) is 0.182. The maximum absolute atomic E-state index is 13.6. The number of hydrogen-bond donors (Lipinski definition) is 1. The predicted octanol–water partition coefficient (Wildman–Crippen LogP) is 4.19. The van der Waals surface area contributed by atoms with Gasteiger partial charge in [0.25, 0.3) is 5.91 Å². The van der Waals surface area contributed by atoms with Gasteiger partial charge in [0.2, 0.25) is 5.91 Å². The number of primary amides is 1. The van der Waals surface area contributed by atoms with Crippen molar-refractivity contribution in [2.45, 2.75) is 19.9 Å². The van der Waals surface area contributed by atoms with Crippen LogP contribution in [0.25, 0.3) is 5.69 Å². The number of carbonyl (C=O) groups is 2. The van der Waals surface area contributed by atoms with Crippen LogP contribution < -0.4 is 5.73 Å². The first-order valence-electron chi connectivity index (χ1n) is 8.97. The second-order valence-electron chi connectivity index (χ2n) is 6.88. The Morgan fingerprint density at radius 1 is 1.10 bits per heavy atom. The van der Waals surface area contributed by atoms with Crippen LogP contribution in [0.15, 0.2) is 54.6 Å². The number of aryl methyl sites for hydroxylation is 1. The molecule has 1 unspecified atom stereocenters. The summed E-state index contributed by atoms with van der Waals surface area (Å²) in [6, 6.07) is 13.5. The maximum atomic E-state index is 13.6. The molecule has 3 aromatic rings. The Kier molecular flexibility index (Phi) is 5.75. The molecule has 2 N–H and O–H groups in total. The third kappa shape index (κ3) is 4.03. The molecule has 0 saturated carbocycles. The first kappa shape index (κ1) is 20.6. The number of nitrogens with two attached hydrogens (primary N) is 1. The second kappa shape index (κ2) is 8.09. The van der Waals surface area contributed by atoms with E-state index in [4.69, 9.17) is 17.3 Å². The second-order valence-corrected chi connectivity index (χ2v) is 7.31. The molecule has 2 amide bonds. The van der Waals surface area contributed by atoms with Crippen molar-refractivity contribution in [3.63, 3.8) is 0 Å². The summed E-state index contributed by atoms with van der Waals surface area (Å²) >= 11 is 6.11. The van der Waals surface area contributed by atoms with Gasteiger partial charge in [-0.3, -0.25) is 9.59 Å². The zero-order chi connectivity index (χ0) is 21.3. The fourth-order valence-corrected chi connectivity index (χ4v) is 3.74. The number of nitrogens with zero attached hydrogens (tertiary/aromatic N) is 2. The summed E-state index contributed by atoms with van der Waals surface area (Å²) in [5, 5.41) is 0.583. The van der Waals surface area contributed by atoms with E-state index >= 15 is 0 Å². The smallest absolute Gasteiger partial charge is 0.256 e. The Bertz CT molecular complexity index is 1090. The minimum Gasteiger partial charge on any atom is -0.368 e. The molecule has 1 aromatic heterocycles. The molecular weight excluding hydrogens is 393 g/mol. The Labute approximate surface area is 173 Å². The average Bonchev–Trinajstić information content (AvgIpc) is 2.95. The van der Waals surface area contributed by atoms with Crippen LogP contribution in [0, 0.1) is 19.7 Å². The lowest BCUT2D eigenvalue weighted by atomic mass is 10.0. The molecule has 0 bridgehead atoms. The number of halogens is 2. The average molecular weight is 414 g/mol. The van der Waals surface area contributed by atoms with Crippen LogP contribution in [0.2, 0.25) is 5.02 Å². The Hall–Kier alpha value is -3.12. The van der Waals surface area contributed by atoms with Crippen LogP contribution in [0.5, 0.6) is 0 Å². The van der Waals surface area contributed by atoms with Gasteiger partial charge in [-0.05, 0) is 55.8 Å². The summed E-state index contributed by atoms with van der Waals surface area (Å²) in [5.41, 5.74) is 8.64. The number of likely N-dealkylation sites (N-methyl/N-ethyl adjacent to an activating group) is 1. The van der Waals surface area contributed by atoms with Crippen molar-refractivity contribution >= 4 is 23.4 Å². The van der Waals surface area contributed by atoms with Crippen LogP contribution in [0.3, 0.4) is 0 Å². The van der Waals surface area contributed by atoms with Gasteiger partial charge in [0.1, 0.15) is 11.9 Å². The molecule has 29 heavy (non-hydrogen) atoms. The summed E-state index contributed by atoms with van der Waals surface area (Å²) in [6.45, 7) is 3.69. The minimum atomic E-state index is -1.09. The van der Waals surface area contributed by atoms with Gasteiger partial charge in [-0.15, -0.1) is 0 Å². The summed E-state index contributed by atoms with van der Waals surface area (Å²) in [4.78, 5) is 26.5. The van der Waals surface area contributed by atoms with Crippen molar-refractivity contribution in [3.8, 4) is 5.69 Å². The molecule has 0 aliphatic rings. The molecule has 0 fully saturated rings. The van der Waals surface area contributed by atoms with Crippen molar-refractivity contribution in [1.29, 1.82) is 0 Å². The van der Waals surface area contributed by atoms with Crippen molar-refractivity contribution in [2.75, 3.05) is 7.05 Å². The summed E-state index contributed by atoms with van der Waals surface area (Å²) < 4.78 is 15.6. The molecule has 3 rings (SSSR count).